The van der Waals surface area contributed by atoms with Gasteiger partial charge in [0.15, 0.2) is 11.4 Å². The monoisotopic (exact) mass is 206 g/mol. The molecule has 1 rings (SSSR count). The lowest BCUT2D eigenvalue weighted by atomic mass is 10.4. The number of halogens is 2. The molecule has 0 aromatic carbocycles. The van der Waals surface area contributed by atoms with Gasteiger partial charge in [-0.05, 0) is 0 Å². The van der Waals surface area contributed by atoms with Crippen LogP contribution in [0.4, 0.5) is 13.6 Å². The Morgan fingerprint density at radius 3 is 2.79 bits per heavy atom. The third-order valence-electron chi connectivity index (χ3n) is 1.39. The van der Waals surface area contributed by atoms with Gasteiger partial charge in [0, 0.05) is 7.05 Å². The van der Waals surface area contributed by atoms with E-state index >= 15 is 0 Å². The van der Waals surface area contributed by atoms with Crippen molar-refractivity contribution in [1.29, 1.82) is 0 Å². The summed E-state index contributed by atoms with van der Waals surface area (Å²) in [5.74, 6) is -0.297. The number of aromatic nitrogens is 2. The maximum Gasteiger partial charge on any atom is 0.513 e. The molecule has 0 radical (unpaired) electrons. The summed E-state index contributed by atoms with van der Waals surface area (Å²) in [6.45, 7) is 0. The third kappa shape index (κ3) is 2.18. The van der Waals surface area contributed by atoms with Gasteiger partial charge in [-0.3, -0.25) is 4.68 Å². The van der Waals surface area contributed by atoms with E-state index in [4.69, 9.17) is 0 Å². The number of ether oxygens (including phenoxy) is 2. The second-order valence-electron chi connectivity index (χ2n) is 2.41. The molecule has 0 amide bonds. The van der Waals surface area contributed by atoms with Gasteiger partial charge in [0.25, 0.3) is 6.43 Å². The van der Waals surface area contributed by atoms with Crippen LogP contribution >= 0.6 is 0 Å². The molecule has 1 aromatic rings. The van der Waals surface area contributed by atoms with E-state index in [1.807, 2.05) is 0 Å². The average molecular weight is 206 g/mol. The Hall–Kier alpha value is -1.66. The molecular weight excluding hydrogens is 198 g/mol. The third-order valence-corrected chi connectivity index (χ3v) is 1.39. The Bertz CT molecular complexity index is 338. The van der Waals surface area contributed by atoms with Crippen LogP contribution in [0.2, 0.25) is 0 Å². The van der Waals surface area contributed by atoms with Crippen molar-refractivity contribution in [3.63, 3.8) is 0 Å². The van der Waals surface area contributed by atoms with Crippen LogP contribution < -0.4 is 4.74 Å². The van der Waals surface area contributed by atoms with E-state index in [-0.39, 0.29) is 5.75 Å². The SMILES string of the molecule is COC(=O)Oc1cn(C)nc1C(F)F. The van der Waals surface area contributed by atoms with Gasteiger partial charge in [-0.2, -0.15) is 5.10 Å². The topological polar surface area (TPSA) is 53.4 Å². The predicted octanol–water partition coefficient (Wildman–Crippen LogP) is 1.50. The fourth-order valence-corrected chi connectivity index (χ4v) is 0.845. The number of rotatable bonds is 2. The number of hydrogen-bond donors (Lipinski definition) is 0. The van der Waals surface area contributed by atoms with Gasteiger partial charge in [-0.15, -0.1) is 0 Å². The van der Waals surface area contributed by atoms with E-state index in [1.165, 1.54) is 13.2 Å². The van der Waals surface area contributed by atoms with E-state index in [0.29, 0.717) is 0 Å². The van der Waals surface area contributed by atoms with Gasteiger partial charge in [0.05, 0.1) is 13.3 Å². The molecule has 1 aromatic heterocycles. The number of methoxy groups -OCH3 is 1. The van der Waals surface area contributed by atoms with E-state index in [0.717, 1.165) is 11.8 Å². The van der Waals surface area contributed by atoms with E-state index < -0.39 is 18.3 Å². The Balaban J connectivity index is 2.89. The highest BCUT2D eigenvalue weighted by Gasteiger charge is 2.21. The molecule has 14 heavy (non-hydrogen) atoms. The Kier molecular flexibility index (Phi) is 3.00. The van der Waals surface area contributed by atoms with Crippen LogP contribution in [0.1, 0.15) is 12.1 Å². The van der Waals surface area contributed by atoms with Crippen LogP contribution in [0.5, 0.6) is 5.75 Å². The molecular formula is C7H8F2N2O3. The highest BCUT2D eigenvalue weighted by Crippen LogP contribution is 2.27. The van der Waals surface area contributed by atoms with Crippen LogP contribution in [0.15, 0.2) is 6.20 Å². The molecule has 1 heterocycles. The average Bonchev–Trinajstić information content (AvgIpc) is 2.46. The maximum absolute atomic E-state index is 12.3. The van der Waals surface area contributed by atoms with Gasteiger partial charge >= 0.3 is 6.16 Å². The van der Waals surface area contributed by atoms with Crippen LogP contribution in [0, 0.1) is 0 Å². The molecule has 7 heteroatoms. The van der Waals surface area contributed by atoms with Crippen molar-refractivity contribution in [1.82, 2.24) is 9.78 Å². The molecule has 0 aliphatic carbocycles. The van der Waals surface area contributed by atoms with Gasteiger partial charge in [-0.1, -0.05) is 0 Å². The van der Waals surface area contributed by atoms with Crippen molar-refractivity contribution in [3.05, 3.63) is 11.9 Å². The number of carbonyl (C=O) groups is 1. The molecule has 5 nitrogen and oxygen atoms in total. The molecule has 0 aliphatic heterocycles. The van der Waals surface area contributed by atoms with Gasteiger partial charge in [-0.25, -0.2) is 13.6 Å². The van der Waals surface area contributed by atoms with E-state index in [9.17, 15) is 13.6 Å². The number of nitrogens with zero attached hydrogens (tertiary/aromatic N) is 2. The Morgan fingerprint density at radius 2 is 2.29 bits per heavy atom. The fourth-order valence-electron chi connectivity index (χ4n) is 0.845. The normalized spacial score (nSPS) is 10.4. The van der Waals surface area contributed by atoms with Gasteiger partial charge in [0.2, 0.25) is 0 Å². The lowest BCUT2D eigenvalue weighted by Gasteiger charge is -2.00. The molecule has 0 unspecified atom stereocenters. The van der Waals surface area contributed by atoms with Crippen molar-refractivity contribution in [2.45, 2.75) is 6.43 Å². The van der Waals surface area contributed by atoms with Gasteiger partial charge < -0.3 is 9.47 Å². The molecule has 0 spiro atoms. The Morgan fingerprint density at radius 1 is 1.64 bits per heavy atom. The van der Waals surface area contributed by atoms with Crippen molar-refractivity contribution in [3.8, 4) is 5.75 Å². The first-order chi connectivity index (χ1) is 6.54. The maximum atomic E-state index is 12.3. The first-order valence-corrected chi connectivity index (χ1v) is 3.62. The van der Waals surface area contributed by atoms with Crippen LogP contribution in [-0.4, -0.2) is 23.0 Å². The zero-order valence-corrected chi connectivity index (χ0v) is 7.53. The Labute approximate surface area is 78.2 Å². The van der Waals surface area contributed by atoms with Gasteiger partial charge in [0.1, 0.15) is 0 Å². The van der Waals surface area contributed by atoms with Crippen LogP contribution in [-0.2, 0) is 11.8 Å². The highest BCUT2D eigenvalue weighted by molar-refractivity contribution is 5.63. The minimum Gasteiger partial charge on any atom is -0.437 e. The minimum atomic E-state index is -2.80. The number of hydrogen-bond acceptors (Lipinski definition) is 4. The minimum absolute atomic E-state index is 0.297. The number of aryl methyl sites for hydroxylation is 1. The highest BCUT2D eigenvalue weighted by atomic mass is 19.3. The summed E-state index contributed by atoms with van der Waals surface area (Å²) in [6.07, 6.45) is -2.69. The number of alkyl halides is 2. The van der Waals surface area contributed by atoms with E-state index in [2.05, 4.69) is 14.6 Å². The number of carbonyl (C=O) groups excluding carboxylic acids is 1. The second-order valence-corrected chi connectivity index (χ2v) is 2.41. The molecule has 0 N–H and O–H groups in total. The summed E-state index contributed by atoms with van der Waals surface area (Å²) >= 11 is 0. The van der Waals surface area contributed by atoms with Crippen molar-refractivity contribution in [2.75, 3.05) is 7.11 Å². The first kappa shape index (κ1) is 10.4. The molecule has 0 aliphatic rings. The lowest BCUT2D eigenvalue weighted by Crippen LogP contribution is -2.08. The van der Waals surface area contributed by atoms with Crippen LogP contribution in [0.25, 0.3) is 0 Å². The smallest absolute Gasteiger partial charge is 0.437 e. The molecule has 78 valence electrons. The zero-order chi connectivity index (χ0) is 10.7. The standard InChI is InChI=1S/C7H8F2N2O3/c1-11-3-4(14-7(12)13-2)5(10-11)6(8)9/h3,6H,1-2H3. The second kappa shape index (κ2) is 4.03. The summed E-state index contributed by atoms with van der Waals surface area (Å²) in [7, 11) is 2.52. The van der Waals surface area contributed by atoms with Crippen molar-refractivity contribution < 1.29 is 23.0 Å². The summed E-state index contributed by atoms with van der Waals surface area (Å²) in [5.41, 5.74) is -0.585. The molecule has 0 fully saturated rings. The summed E-state index contributed by atoms with van der Waals surface area (Å²) in [5, 5.41) is 3.43. The van der Waals surface area contributed by atoms with Crippen molar-refractivity contribution >= 4 is 6.16 Å². The van der Waals surface area contributed by atoms with E-state index in [1.54, 1.807) is 0 Å². The fraction of sp³-hybridized carbons (Fsp3) is 0.429. The largest absolute Gasteiger partial charge is 0.513 e. The lowest BCUT2D eigenvalue weighted by molar-refractivity contribution is 0.114. The molecule has 0 saturated heterocycles. The predicted molar refractivity (Wildman–Crippen MR) is 41.2 cm³/mol. The van der Waals surface area contributed by atoms with Crippen molar-refractivity contribution in [2.24, 2.45) is 7.05 Å². The quantitative estimate of drug-likeness (QED) is 0.688. The summed E-state index contributed by atoms with van der Waals surface area (Å²) < 4.78 is 34.3. The summed E-state index contributed by atoms with van der Waals surface area (Å²) in [4.78, 5) is 10.6. The molecule has 0 saturated carbocycles. The molecule has 0 bridgehead atoms. The zero-order valence-electron chi connectivity index (χ0n) is 7.53. The first-order valence-electron chi connectivity index (χ1n) is 3.62. The van der Waals surface area contributed by atoms with Crippen LogP contribution in [0.3, 0.4) is 0 Å². The molecule has 0 atom stereocenters. The summed E-state index contributed by atoms with van der Waals surface area (Å²) in [6, 6.07) is 0.